The Morgan fingerprint density at radius 1 is 0.962 bits per heavy atom. The van der Waals surface area contributed by atoms with E-state index < -0.39 is 0 Å². The summed E-state index contributed by atoms with van der Waals surface area (Å²) in [6.45, 7) is 0. The predicted molar refractivity (Wildman–Crippen MR) is 97.0 cm³/mol. The van der Waals surface area contributed by atoms with E-state index in [0.717, 1.165) is 17.6 Å². The highest BCUT2D eigenvalue weighted by molar-refractivity contribution is 5.56. The zero-order valence-electron chi connectivity index (χ0n) is 15.0. The van der Waals surface area contributed by atoms with Crippen LogP contribution in [0.1, 0.15) is 17.9 Å². The molecule has 5 heteroatoms. The molecule has 3 atom stereocenters. The number of benzene rings is 1. The largest absolute Gasteiger partial charge is 0.493 e. The number of nitrogens with zero attached hydrogens (tertiary/aromatic N) is 2. The molecular weight excluding hydrogens is 328 g/mol. The summed E-state index contributed by atoms with van der Waals surface area (Å²) in [7, 11) is 4.76. The third kappa shape index (κ3) is 2.93. The fourth-order valence-corrected chi connectivity index (χ4v) is 3.78. The quantitative estimate of drug-likeness (QED) is 0.609. The van der Waals surface area contributed by atoms with Gasteiger partial charge in [-0.25, -0.2) is 0 Å². The Balaban J connectivity index is 2.14. The average Bonchev–Trinajstić information content (AvgIpc) is 3.00. The first-order valence-corrected chi connectivity index (χ1v) is 8.37. The molecule has 1 aromatic carbocycles. The van der Waals surface area contributed by atoms with Crippen molar-refractivity contribution < 1.29 is 14.2 Å². The van der Waals surface area contributed by atoms with E-state index in [9.17, 15) is 10.5 Å². The maximum atomic E-state index is 9.34. The van der Waals surface area contributed by atoms with Crippen LogP contribution >= 0.6 is 0 Å². The number of nitriles is 2. The molecule has 0 radical (unpaired) electrons. The number of hydrogen-bond donors (Lipinski definition) is 0. The van der Waals surface area contributed by atoms with E-state index >= 15 is 0 Å². The van der Waals surface area contributed by atoms with Crippen molar-refractivity contribution in [2.75, 3.05) is 21.3 Å². The van der Waals surface area contributed by atoms with Gasteiger partial charge in [-0.2, -0.15) is 10.5 Å². The Labute approximate surface area is 153 Å². The molecule has 0 amide bonds. The third-order valence-electron chi connectivity index (χ3n) is 5.03. The van der Waals surface area contributed by atoms with E-state index in [0.29, 0.717) is 17.2 Å². The van der Waals surface area contributed by atoms with Crippen LogP contribution in [0.4, 0.5) is 0 Å². The van der Waals surface area contributed by atoms with E-state index in [1.165, 1.54) is 0 Å². The van der Waals surface area contributed by atoms with Gasteiger partial charge in [0, 0.05) is 5.92 Å². The first kappa shape index (κ1) is 17.6. The second-order valence-electron chi connectivity index (χ2n) is 6.29. The van der Waals surface area contributed by atoms with Crippen LogP contribution in [-0.2, 0) is 0 Å². The highest BCUT2D eigenvalue weighted by atomic mass is 16.5. The van der Waals surface area contributed by atoms with E-state index in [2.05, 4.69) is 18.2 Å². The molecule has 0 saturated carbocycles. The summed E-state index contributed by atoms with van der Waals surface area (Å²) < 4.78 is 16.4. The molecule has 26 heavy (non-hydrogen) atoms. The summed E-state index contributed by atoms with van der Waals surface area (Å²) in [6.07, 6.45) is 9.14. The van der Waals surface area contributed by atoms with Gasteiger partial charge in [0.1, 0.15) is 17.7 Å². The maximum Gasteiger partial charge on any atom is 0.203 e. The molecule has 0 saturated heterocycles. The minimum atomic E-state index is -0.0397. The fraction of sp³-hybridized carbons (Fsp3) is 0.333. The van der Waals surface area contributed by atoms with E-state index in [1.807, 2.05) is 30.3 Å². The molecule has 4 rings (SSSR count). The minimum Gasteiger partial charge on any atom is -0.493 e. The number of allylic oxidation sites excluding steroid dienone is 6. The summed E-state index contributed by atoms with van der Waals surface area (Å²) >= 11 is 0. The Hall–Kier alpha value is -3.18. The van der Waals surface area contributed by atoms with Crippen LogP contribution < -0.4 is 14.2 Å². The molecule has 132 valence electrons. The number of fused-ring (bicyclic) bond motifs is 2. The molecule has 0 aliphatic heterocycles. The van der Waals surface area contributed by atoms with Crippen LogP contribution in [0.3, 0.4) is 0 Å². The van der Waals surface area contributed by atoms with Crippen LogP contribution in [0.2, 0.25) is 0 Å². The topological polar surface area (TPSA) is 75.3 Å². The van der Waals surface area contributed by atoms with Crippen molar-refractivity contribution in [1.82, 2.24) is 0 Å². The standard InChI is InChI=1S/C21H20N2O3/c1-24-19-9-14(10-20(25-2)21(19)26-3)18-8-13-4-6-16(15(11-22)12-23)17(18)7-5-13/h4-7,9-10,13,17-18H,8H2,1-3H3. The van der Waals surface area contributed by atoms with Crippen molar-refractivity contribution in [3.63, 3.8) is 0 Å². The molecule has 1 aromatic rings. The molecule has 0 aromatic heterocycles. The molecule has 0 fully saturated rings. The van der Waals surface area contributed by atoms with Crippen molar-refractivity contribution in [1.29, 1.82) is 10.5 Å². The van der Waals surface area contributed by atoms with Gasteiger partial charge in [0.15, 0.2) is 11.5 Å². The molecule has 0 heterocycles. The fourth-order valence-electron chi connectivity index (χ4n) is 3.78. The Bertz CT molecular complexity index is 842. The maximum absolute atomic E-state index is 9.34. The van der Waals surface area contributed by atoms with Gasteiger partial charge in [-0.3, -0.25) is 0 Å². The monoisotopic (exact) mass is 348 g/mol. The van der Waals surface area contributed by atoms with E-state index in [1.54, 1.807) is 21.3 Å². The molecule has 3 aliphatic carbocycles. The van der Waals surface area contributed by atoms with Crippen molar-refractivity contribution in [3.05, 3.63) is 53.1 Å². The van der Waals surface area contributed by atoms with Crippen LogP contribution in [0.5, 0.6) is 17.2 Å². The van der Waals surface area contributed by atoms with Crippen LogP contribution in [0.15, 0.2) is 47.6 Å². The molecule has 0 spiro atoms. The molecule has 5 nitrogen and oxygen atoms in total. The van der Waals surface area contributed by atoms with Crippen LogP contribution in [0, 0.1) is 34.5 Å². The van der Waals surface area contributed by atoms with Gasteiger partial charge in [0.2, 0.25) is 5.75 Å². The van der Waals surface area contributed by atoms with E-state index in [4.69, 9.17) is 14.2 Å². The van der Waals surface area contributed by atoms with Gasteiger partial charge in [-0.15, -0.1) is 0 Å². The highest BCUT2D eigenvalue weighted by Gasteiger charge is 2.34. The molecule has 3 unspecified atom stereocenters. The summed E-state index contributed by atoms with van der Waals surface area (Å²) in [6, 6.07) is 7.97. The summed E-state index contributed by atoms with van der Waals surface area (Å²) in [4.78, 5) is 0. The van der Waals surface area contributed by atoms with Crippen molar-refractivity contribution in [3.8, 4) is 29.4 Å². The van der Waals surface area contributed by atoms with Gasteiger partial charge in [-0.05, 0) is 41.5 Å². The van der Waals surface area contributed by atoms with Crippen molar-refractivity contribution in [2.24, 2.45) is 11.8 Å². The summed E-state index contributed by atoms with van der Waals surface area (Å²) in [5, 5.41) is 18.7. The van der Waals surface area contributed by atoms with Gasteiger partial charge < -0.3 is 14.2 Å². The molecule has 3 aliphatic rings. The first-order valence-electron chi connectivity index (χ1n) is 8.37. The van der Waals surface area contributed by atoms with Gasteiger partial charge in [-0.1, -0.05) is 24.3 Å². The molecule has 2 bridgehead atoms. The van der Waals surface area contributed by atoms with Crippen molar-refractivity contribution >= 4 is 0 Å². The lowest BCUT2D eigenvalue weighted by Crippen LogP contribution is -2.18. The van der Waals surface area contributed by atoms with Gasteiger partial charge in [0.05, 0.1) is 21.3 Å². The van der Waals surface area contributed by atoms with Crippen LogP contribution in [0.25, 0.3) is 0 Å². The lowest BCUT2D eigenvalue weighted by atomic mass is 9.74. The predicted octanol–water partition coefficient (Wildman–Crippen LogP) is 3.90. The third-order valence-corrected chi connectivity index (χ3v) is 5.03. The number of methoxy groups -OCH3 is 3. The lowest BCUT2D eigenvalue weighted by molar-refractivity contribution is 0.322. The number of rotatable bonds is 4. The molecular formula is C21H20N2O3. The lowest BCUT2D eigenvalue weighted by Gasteiger charge is -2.30. The second-order valence-corrected chi connectivity index (χ2v) is 6.29. The number of hydrogen-bond acceptors (Lipinski definition) is 5. The van der Waals surface area contributed by atoms with Gasteiger partial charge in [0.25, 0.3) is 0 Å². The smallest absolute Gasteiger partial charge is 0.203 e. The Kier molecular flexibility index (Phi) is 5.00. The summed E-state index contributed by atoms with van der Waals surface area (Å²) in [5.41, 5.74) is 1.97. The second kappa shape index (κ2) is 7.37. The number of ether oxygens (including phenoxy) is 3. The zero-order chi connectivity index (χ0) is 18.7. The van der Waals surface area contributed by atoms with Crippen LogP contribution in [-0.4, -0.2) is 21.3 Å². The first-order chi connectivity index (χ1) is 12.7. The SMILES string of the molecule is COc1cc(C2CC3C=CC(=C(C#N)C#N)C2C=C3)cc(OC)c1OC. The minimum absolute atomic E-state index is 0.0397. The van der Waals surface area contributed by atoms with Crippen molar-refractivity contribution in [2.45, 2.75) is 12.3 Å². The normalized spacial score (nSPS) is 23.0. The molecule has 0 N–H and O–H groups in total. The Morgan fingerprint density at radius 3 is 2.15 bits per heavy atom. The van der Waals surface area contributed by atoms with Gasteiger partial charge >= 0.3 is 0 Å². The average molecular weight is 348 g/mol. The van der Waals surface area contributed by atoms with E-state index in [-0.39, 0.29) is 23.3 Å². The summed E-state index contributed by atoms with van der Waals surface area (Å²) in [5.74, 6) is 2.10. The zero-order valence-corrected chi connectivity index (χ0v) is 15.0. The Morgan fingerprint density at radius 2 is 1.62 bits per heavy atom. The highest BCUT2D eigenvalue weighted by Crippen LogP contribution is 2.48.